The molecule has 18 heteroatoms. The molecule has 1 saturated heterocycles. The summed E-state index contributed by atoms with van der Waals surface area (Å²) < 4.78 is 40.3. The molecule has 1 amide bonds. The van der Waals surface area contributed by atoms with Gasteiger partial charge in [-0.3, -0.25) is 14.4 Å². The highest BCUT2D eigenvalue weighted by Gasteiger charge is 2.78. The highest BCUT2D eigenvalue weighted by Crippen LogP contribution is 2.64. The molecule has 0 radical (unpaired) electrons. The largest absolute Gasteiger partial charge is 0.455 e. The zero-order valence-corrected chi connectivity index (χ0v) is 37.8. The number of fused-ring (bicyclic) bond motifs is 5. The van der Waals surface area contributed by atoms with E-state index in [1.54, 1.807) is 57.2 Å². The van der Waals surface area contributed by atoms with E-state index in [4.69, 9.17) is 33.2 Å². The summed E-state index contributed by atoms with van der Waals surface area (Å²) in [7, 11) is 0. The van der Waals surface area contributed by atoms with Crippen molar-refractivity contribution in [2.75, 3.05) is 13.2 Å². The van der Waals surface area contributed by atoms with Crippen molar-refractivity contribution in [2.24, 2.45) is 16.7 Å². The number of esters is 5. The van der Waals surface area contributed by atoms with Crippen LogP contribution in [0.25, 0.3) is 0 Å². The molecule has 4 N–H and O–H groups in total. The Hall–Kier alpha value is -5.69. The van der Waals surface area contributed by atoms with Crippen LogP contribution in [0, 0.1) is 16.7 Å². The lowest BCUT2D eigenvalue weighted by molar-refractivity contribution is -0.346. The van der Waals surface area contributed by atoms with Crippen molar-refractivity contribution in [3.8, 4) is 0 Å². The monoisotopic (exact) mass is 907 g/mol. The molecule has 18 nitrogen and oxygen atoms in total. The predicted octanol–water partition coefficient (Wildman–Crippen LogP) is 3.37. The molecule has 2 saturated carbocycles. The molecule has 65 heavy (non-hydrogen) atoms. The molecule has 3 fully saturated rings. The number of aliphatic hydroxyl groups is 3. The molecule has 2 aromatic carbocycles. The minimum Gasteiger partial charge on any atom is -0.455 e. The standard InChI is InChI=1S/C47H57NO17/c1-24-29(61-41(56)36(62-32(52)22-59-25(2)49)34(27-16-12-10-13-17-27)48-42(57)65-43(4,5)6)21-47(58)39(63-40(55)28-18-14-11-15-19-28)37-45(9,38(54)35(53)33(24)44(47,7)8)30(51)20-31-46(37,23-60-31)64-26(3)50/h10-19,29-31,34-37,39,51,53,58H,20-23H2,1-9H3,(H,48,57)/t29-,30-,31+,34-,35+,36+,37?,39-,45+,46-,47+/m0/s1. The molecular formula is C47H57NO17. The number of Topliss-reactive ketones (excluding diaryl/α,β-unsaturated/α-hetero) is 1. The maximum absolute atomic E-state index is 15.1. The van der Waals surface area contributed by atoms with Gasteiger partial charge in [-0.25, -0.2) is 19.2 Å². The Kier molecular flexibility index (Phi) is 13.5. The number of carbonyl (C=O) groups excluding carboxylic acids is 7. The summed E-state index contributed by atoms with van der Waals surface area (Å²) in [5.41, 5.74) is -8.84. The van der Waals surface area contributed by atoms with E-state index in [0.29, 0.717) is 0 Å². The average molecular weight is 908 g/mol. The second-order valence-electron chi connectivity index (χ2n) is 18.8. The van der Waals surface area contributed by atoms with Gasteiger partial charge in [0.25, 0.3) is 0 Å². The molecule has 4 aliphatic rings. The van der Waals surface area contributed by atoms with Gasteiger partial charge in [0.15, 0.2) is 18.0 Å². The van der Waals surface area contributed by atoms with Crippen molar-refractivity contribution < 1.29 is 82.0 Å². The van der Waals surface area contributed by atoms with Crippen LogP contribution >= 0.6 is 0 Å². The third-order valence-electron chi connectivity index (χ3n) is 13.2. The number of carbonyl (C=O) groups is 7. The summed E-state index contributed by atoms with van der Waals surface area (Å²) in [6, 6.07) is 14.1. The van der Waals surface area contributed by atoms with Gasteiger partial charge < -0.3 is 53.8 Å². The second-order valence-corrected chi connectivity index (χ2v) is 18.8. The fraction of sp³-hybridized carbons (Fsp3) is 0.553. The van der Waals surface area contributed by atoms with Crippen LogP contribution in [0.2, 0.25) is 0 Å². The summed E-state index contributed by atoms with van der Waals surface area (Å²) in [6.45, 7) is 11.6. The quantitative estimate of drug-likeness (QED) is 0.143. The Balaban J connectivity index is 1.52. The summed E-state index contributed by atoms with van der Waals surface area (Å²) in [5, 5.41) is 40.5. The van der Waals surface area contributed by atoms with Crippen LogP contribution in [0.5, 0.6) is 0 Å². The molecule has 0 aromatic heterocycles. The summed E-state index contributed by atoms with van der Waals surface area (Å²) in [5.74, 6) is -7.69. The van der Waals surface area contributed by atoms with Gasteiger partial charge in [0.1, 0.15) is 41.7 Å². The van der Waals surface area contributed by atoms with Crippen molar-refractivity contribution in [2.45, 2.75) is 135 Å². The highest BCUT2D eigenvalue weighted by atomic mass is 16.6. The first-order valence-corrected chi connectivity index (χ1v) is 21.3. The molecule has 2 aromatic rings. The Morgan fingerprint density at radius 3 is 2.08 bits per heavy atom. The topological polar surface area (TPSA) is 257 Å². The Morgan fingerprint density at radius 2 is 1.52 bits per heavy atom. The maximum atomic E-state index is 15.1. The van der Waals surface area contributed by atoms with Crippen molar-refractivity contribution in [3.05, 3.63) is 82.9 Å². The van der Waals surface area contributed by atoms with Crippen molar-refractivity contribution in [3.63, 3.8) is 0 Å². The molecule has 1 unspecified atom stereocenters. The molecular weight excluding hydrogens is 851 g/mol. The zero-order chi connectivity index (χ0) is 48.0. The first-order chi connectivity index (χ1) is 30.3. The minimum absolute atomic E-state index is 0.0388. The number of amides is 1. The fourth-order valence-corrected chi connectivity index (χ4v) is 10.00. The van der Waals surface area contributed by atoms with Gasteiger partial charge in [0.05, 0.1) is 29.6 Å². The van der Waals surface area contributed by atoms with Crippen molar-refractivity contribution in [1.29, 1.82) is 0 Å². The third kappa shape index (κ3) is 9.00. The summed E-state index contributed by atoms with van der Waals surface area (Å²) >= 11 is 0. The highest BCUT2D eigenvalue weighted by molar-refractivity contribution is 5.94. The number of hydrogen-bond acceptors (Lipinski definition) is 17. The first kappa shape index (κ1) is 48.8. The van der Waals surface area contributed by atoms with Gasteiger partial charge in [-0.05, 0) is 63.5 Å². The van der Waals surface area contributed by atoms with Crippen LogP contribution in [0.3, 0.4) is 0 Å². The molecule has 1 aliphatic heterocycles. The number of alkyl carbamates (subject to hydrolysis) is 1. The number of ketones is 1. The summed E-state index contributed by atoms with van der Waals surface area (Å²) in [6.07, 6.45) is -12.1. The van der Waals surface area contributed by atoms with Crippen molar-refractivity contribution >= 4 is 41.7 Å². The van der Waals surface area contributed by atoms with E-state index in [0.717, 1.165) is 13.8 Å². The van der Waals surface area contributed by atoms with E-state index in [9.17, 15) is 44.1 Å². The summed E-state index contributed by atoms with van der Waals surface area (Å²) in [4.78, 5) is 95.4. The maximum Gasteiger partial charge on any atom is 0.408 e. The van der Waals surface area contributed by atoms with E-state index in [-0.39, 0.29) is 35.3 Å². The number of aliphatic hydroxyl groups excluding tert-OH is 2. The van der Waals surface area contributed by atoms with E-state index >= 15 is 4.79 Å². The number of hydrogen-bond donors (Lipinski definition) is 4. The third-order valence-corrected chi connectivity index (χ3v) is 13.2. The number of nitrogens with one attached hydrogen (secondary N) is 1. The first-order valence-electron chi connectivity index (χ1n) is 21.3. The Morgan fingerprint density at radius 1 is 0.908 bits per heavy atom. The van der Waals surface area contributed by atoms with Gasteiger partial charge in [0, 0.05) is 32.1 Å². The lowest BCUT2D eigenvalue weighted by Crippen LogP contribution is -2.81. The predicted molar refractivity (Wildman–Crippen MR) is 224 cm³/mol. The van der Waals surface area contributed by atoms with E-state index in [2.05, 4.69) is 5.32 Å². The lowest BCUT2D eigenvalue weighted by atomic mass is 9.44. The zero-order valence-electron chi connectivity index (χ0n) is 37.8. The molecule has 1 heterocycles. The van der Waals surface area contributed by atoms with Gasteiger partial charge in [-0.2, -0.15) is 0 Å². The number of ether oxygens (including phenoxy) is 7. The Bertz CT molecular complexity index is 2240. The second kappa shape index (κ2) is 17.9. The molecule has 3 aliphatic carbocycles. The molecule has 6 rings (SSSR count). The molecule has 0 spiro atoms. The Labute approximate surface area is 375 Å². The number of rotatable bonds is 11. The van der Waals surface area contributed by atoms with Crippen LogP contribution < -0.4 is 5.32 Å². The smallest absolute Gasteiger partial charge is 0.408 e. The number of benzene rings is 2. The van der Waals surface area contributed by atoms with Crippen LogP contribution in [0.15, 0.2) is 71.8 Å². The van der Waals surface area contributed by atoms with Crippen LogP contribution in [0.1, 0.15) is 97.1 Å². The van der Waals surface area contributed by atoms with Crippen LogP contribution in [-0.4, -0.2) is 124 Å². The van der Waals surface area contributed by atoms with E-state index in [1.807, 2.05) is 0 Å². The van der Waals surface area contributed by atoms with Crippen LogP contribution in [0.4, 0.5) is 4.79 Å². The van der Waals surface area contributed by atoms with E-state index in [1.165, 1.54) is 52.0 Å². The molecule has 352 valence electrons. The van der Waals surface area contributed by atoms with Crippen LogP contribution in [-0.2, 0) is 57.1 Å². The molecule has 2 bridgehead atoms. The van der Waals surface area contributed by atoms with E-state index < -0.39 is 131 Å². The lowest BCUT2D eigenvalue weighted by Gasteiger charge is -2.67. The average Bonchev–Trinajstić information content (AvgIpc) is 3.22. The van der Waals surface area contributed by atoms with Gasteiger partial charge >= 0.3 is 35.9 Å². The van der Waals surface area contributed by atoms with Crippen molar-refractivity contribution in [1.82, 2.24) is 5.32 Å². The SMILES string of the molecule is CC(=O)OCC(=O)O[C@@H](C(=O)O[C@H]1C[C@@]2(O)[C@@H](OC(=O)c3ccccc3)C3[C@](C)(C(=O)[C@H](O)C(=C1C)C2(C)C)[C@@H](O)C[C@H]1OC[C@@]31OC(C)=O)[C@@H](NC(=O)OC(C)(C)C)c1ccccc1. The van der Waals surface area contributed by atoms with Gasteiger partial charge in [-0.15, -0.1) is 0 Å². The van der Waals surface area contributed by atoms with Gasteiger partial charge in [0.2, 0.25) is 6.10 Å². The fourth-order valence-electron chi connectivity index (χ4n) is 10.00. The minimum atomic E-state index is -2.45. The molecule has 11 atom stereocenters. The van der Waals surface area contributed by atoms with Gasteiger partial charge in [-0.1, -0.05) is 62.4 Å². The normalized spacial score (nSPS) is 31.1.